The van der Waals surface area contributed by atoms with Gasteiger partial charge in [-0.3, -0.25) is 9.59 Å². The summed E-state index contributed by atoms with van der Waals surface area (Å²) >= 11 is 11.5. The van der Waals surface area contributed by atoms with Gasteiger partial charge in [0.2, 0.25) is 5.91 Å². The molecule has 0 saturated carbocycles. The fourth-order valence-corrected chi connectivity index (χ4v) is 2.74. The molecule has 114 valence electrons. The van der Waals surface area contributed by atoms with Crippen LogP contribution in [0.15, 0.2) is 12.1 Å². The van der Waals surface area contributed by atoms with Gasteiger partial charge in [0, 0.05) is 25.6 Å². The molecule has 1 aliphatic rings. The van der Waals surface area contributed by atoms with Crippen molar-refractivity contribution in [2.45, 2.75) is 25.8 Å². The Morgan fingerprint density at radius 2 is 2.14 bits per heavy atom. The first-order chi connectivity index (χ1) is 9.88. The predicted molar refractivity (Wildman–Crippen MR) is 79.2 cm³/mol. The van der Waals surface area contributed by atoms with Crippen molar-refractivity contribution in [2.24, 2.45) is 0 Å². The van der Waals surface area contributed by atoms with Crippen molar-refractivity contribution in [1.29, 1.82) is 0 Å². The van der Waals surface area contributed by atoms with E-state index in [2.05, 4.69) is 5.32 Å². The summed E-state index contributed by atoms with van der Waals surface area (Å²) in [6.45, 7) is 2.91. The second kappa shape index (κ2) is 6.62. The van der Waals surface area contributed by atoms with Crippen LogP contribution in [-0.4, -0.2) is 35.8 Å². The highest BCUT2D eigenvalue weighted by molar-refractivity contribution is 6.36. The van der Waals surface area contributed by atoms with Crippen LogP contribution in [0.5, 0.6) is 0 Å². The molecule has 1 N–H and O–H groups in total. The molecule has 1 saturated heterocycles. The molecule has 1 fully saturated rings. The molecule has 21 heavy (non-hydrogen) atoms. The van der Waals surface area contributed by atoms with Gasteiger partial charge in [-0.15, -0.1) is 0 Å². The Balaban J connectivity index is 2.00. The van der Waals surface area contributed by atoms with Crippen molar-refractivity contribution in [2.75, 3.05) is 13.1 Å². The molecule has 1 aliphatic heterocycles. The average molecular weight is 333 g/mol. The van der Waals surface area contributed by atoms with E-state index in [0.717, 1.165) is 12.5 Å². The van der Waals surface area contributed by atoms with E-state index in [4.69, 9.17) is 23.2 Å². The van der Waals surface area contributed by atoms with Gasteiger partial charge in [0.15, 0.2) is 0 Å². The summed E-state index contributed by atoms with van der Waals surface area (Å²) in [5, 5.41) is 2.66. The van der Waals surface area contributed by atoms with Gasteiger partial charge < -0.3 is 10.2 Å². The fraction of sp³-hybridized carbons (Fsp3) is 0.429. The molecule has 2 amide bonds. The first-order valence-corrected chi connectivity index (χ1v) is 7.37. The Kier molecular flexibility index (Phi) is 5.06. The highest BCUT2D eigenvalue weighted by Gasteiger charge is 2.23. The molecule has 1 unspecified atom stereocenters. The molecule has 1 aromatic carbocycles. The van der Waals surface area contributed by atoms with Crippen molar-refractivity contribution in [3.63, 3.8) is 0 Å². The number of hydrogen-bond acceptors (Lipinski definition) is 2. The molecule has 1 heterocycles. The summed E-state index contributed by atoms with van der Waals surface area (Å²) < 4.78 is 13.4. The van der Waals surface area contributed by atoms with Gasteiger partial charge in [-0.1, -0.05) is 23.2 Å². The minimum absolute atomic E-state index is 0.0261. The van der Waals surface area contributed by atoms with Gasteiger partial charge >= 0.3 is 0 Å². The van der Waals surface area contributed by atoms with Crippen LogP contribution in [0.3, 0.4) is 0 Å². The quantitative estimate of drug-likeness (QED) is 0.862. The van der Waals surface area contributed by atoms with E-state index >= 15 is 0 Å². The van der Waals surface area contributed by atoms with Crippen molar-refractivity contribution in [3.05, 3.63) is 33.6 Å². The van der Waals surface area contributed by atoms with E-state index in [-0.39, 0.29) is 27.6 Å². The molecule has 2 rings (SSSR count). The second-order valence-corrected chi connectivity index (χ2v) is 5.88. The topological polar surface area (TPSA) is 49.4 Å². The Hall–Kier alpha value is -1.33. The van der Waals surface area contributed by atoms with Crippen molar-refractivity contribution in [1.82, 2.24) is 10.2 Å². The van der Waals surface area contributed by atoms with Gasteiger partial charge in [0.25, 0.3) is 5.91 Å². The van der Waals surface area contributed by atoms with Crippen LogP contribution < -0.4 is 5.32 Å². The van der Waals surface area contributed by atoms with Crippen LogP contribution in [0.25, 0.3) is 0 Å². The lowest BCUT2D eigenvalue weighted by molar-refractivity contribution is -0.127. The van der Waals surface area contributed by atoms with Crippen molar-refractivity contribution in [3.8, 4) is 0 Å². The standard InChI is InChI=1S/C14H15Cl2FN2O2/c1-8(7-19-4-2-3-13(19)20)18-14(21)9-5-12(17)11(16)6-10(9)15/h5-6,8H,2-4,7H2,1H3,(H,18,21). The number of nitrogens with zero attached hydrogens (tertiary/aromatic N) is 1. The first kappa shape index (κ1) is 16.0. The molecule has 1 aromatic rings. The van der Waals surface area contributed by atoms with Crippen LogP contribution in [0.2, 0.25) is 10.0 Å². The Bertz CT molecular complexity index is 580. The summed E-state index contributed by atoms with van der Waals surface area (Å²) in [6.07, 6.45) is 1.39. The zero-order valence-electron chi connectivity index (χ0n) is 11.5. The second-order valence-electron chi connectivity index (χ2n) is 5.06. The Morgan fingerprint density at radius 1 is 1.43 bits per heavy atom. The van der Waals surface area contributed by atoms with Crippen LogP contribution in [0.4, 0.5) is 4.39 Å². The first-order valence-electron chi connectivity index (χ1n) is 6.61. The predicted octanol–water partition coefficient (Wildman–Crippen LogP) is 2.87. The molecule has 0 spiro atoms. The van der Waals surface area contributed by atoms with E-state index in [9.17, 15) is 14.0 Å². The molecular formula is C14H15Cl2FN2O2. The summed E-state index contributed by atoms with van der Waals surface area (Å²) in [6, 6.07) is 1.95. The molecule has 0 aliphatic carbocycles. The Labute approximate surface area is 132 Å². The van der Waals surface area contributed by atoms with Crippen LogP contribution in [0, 0.1) is 5.82 Å². The van der Waals surface area contributed by atoms with Crippen LogP contribution in [-0.2, 0) is 4.79 Å². The van der Waals surface area contributed by atoms with Gasteiger partial charge in [0.1, 0.15) is 5.82 Å². The summed E-state index contributed by atoms with van der Waals surface area (Å²) in [5.41, 5.74) is 0.0261. The van der Waals surface area contributed by atoms with E-state index < -0.39 is 11.7 Å². The lowest BCUT2D eigenvalue weighted by atomic mass is 10.2. The largest absolute Gasteiger partial charge is 0.348 e. The van der Waals surface area contributed by atoms with Crippen molar-refractivity contribution >= 4 is 35.0 Å². The third-order valence-electron chi connectivity index (χ3n) is 3.30. The Morgan fingerprint density at radius 3 is 2.76 bits per heavy atom. The number of nitrogens with one attached hydrogen (secondary N) is 1. The maximum absolute atomic E-state index is 13.4. The third-order valence-corrected chi connectivity index (χ3v) is 3.90. The van der Waals surface area contributed by atoms with Crippen LogP contribution in [0.1, 0.15) is 30.1 Å². The molecule has 7 heteroatoms. The van der Waals surface area contributed by atoms with Gasteiger partial charge in [-0.05, 0) is 25.5 Å². The third kappa shape index (κ3) is 3.86. The highest BCUT2D eigenvalue weighted by atomic mass is 35.5. The normalized spacial score (nSPS) is 16.2. The number of likely N-dealkylation sites (tertiary alicyclic amines) is 1. The van der Waals surface area contributed by atoms with E-state index in [0.29, 0.717) is 19.5 Å². The molecule has 0 bridgehead atoms. The maximum atomic E-state index is 13.4. The molecule has 0 aromatic heterocycles. The number of benzene rings is 1. The van der Waals surface area contributed by atoms with E-state index in [1.807, 2.05) is 0 Å². The summed E-state index contributed by atoms with van der Waals surface area (Å²) in [4.78, 5) is 25.3. The summed E-state index contributed by atoms with van der Waals surface area (Å²) in [7, 11) is 0. The molecule has 4 nitrogen and oxygen atoms in total. The monoisotopic (exact) mass is 332 g/mol. The lowest BCUT2D eigenvalue weighted by Crippen LogP contribution is -2.42. The maximum Gasteiger partial charge on any atom is 0.253 e. The number of carbonyl (C=O) groups is 2. The van der Waals surface area contributed by atoms with E-state index in [1.54, 1.807) is 11.8 Å². The minimum atomic E-state index is -0.700. The molecule has 1 atom stereocenters. The summed E-state index contributed by atoms with van der Waals surface area (Å²) in [5.74, 6) is -1.10. The minimum Gasteiger partial charge on any atom is -0.348 e. The zero-order valence-corrected chi connectivity index (χ0v) is 13.0. The lowest BCUT2D eigenvalue weighted by Gasteiger charge is -2.21. The van der Waals surface area contributed by atoms with Crippen LogP contribution >= 0.6 is 23.2 Å². The number of hydrogen-bond donors (Lipinski definition) is 1. The van der Waals surface area contributed by atoms with Crippen molar-refractivity contribution < 1.29 is 14.0 Å². The SMILES string of the molecule is CC(CN1CCCC1=O)NC(=O)c1cc(F)c(Cl)cc1Cl. The number of halogens is 3. The number of amides is 2. The zero-order chi connectivity index (χ0) is 15.6. The average Bonchev–Trinajstić information content (AvgIpc) is 2.79. The van der Waals surface area contributed by atoms with Gasteiger partial charge in [-0.2, -0.15) is 0 Å². The smallest absolute Gasteiger partial charge is 0.253 e. The molecule has 0 radical (unpaired) electrons. The van der Waals surface area contributed by atoms with E-state index in [1.165, 1.54) is 6.07 Å². The fourth-order valence-electron chi connectivity index (χ4n) is 2.27. The molecular weight excluding hydrogens is 318 g/mol. The van der Waals surface area contributed by atoms with Gasteiger partial charge in [0.05, 0.1) is 15.6 Å². The number of rotatable bonds is 4. The van der Waals surface area contributed by atoms with Gasteiger partial charge in [-0.25, -0.2) is 4.39 Å². The number of carbonyl (C=O) groups excluding carboxylic acids is 2. The highest BCUT2D eigenvalue weighted by Crippen LogP contribution is 2.24.